The first-order valence-corrected chi connectivity index (χ1v) is 8.08. The van der Waals surface area contributed by atoms with Crippen LogP contribution in [0.5, 0.6) is 0 Å². The van der Waals surface area contributed by atoms with Crippen molar-refractivity contribution in [3.05, 3.63) is 35.4 Å². The molecule has 0 spiro atoms. The molecule has 0 saturated carbocycles. The van der Waals surface area contributed by atoms with Crippen molar-refractivity contribution < 1.29 is 14.3 Å². The topological polar surface area (TPSA) is 55.4 Å². The Morgan fingerprint density at radius 2 is 2.09 bits per heavy atom. The van der Waals surface area contributed by atoms with E-state index >= 15 is 0 Å². The van der Waals surface area contributed by atoms with Crippen LogP contribution in [0, 0.1) is 0 Å². The Kier molecular flexibility index (Phi) is 5.22. The van der Waals surface area contributed by atoms with Crippen LogP contribution in [0.25, 0.3) is 0 Å². The number of benzene rings is 1. The minimum atomic E-state index is -1.12. The third-order valence-corrected chi connectivity index (χ3v) is 4.18. The summed E-state index contributed by atoms with van der Waals surface area (Å²) in [6, 6.07) is 7.39. The monoisotopic (exact) mass is 303 g/mol. The molecule has 1 aromatic carbocycles. The number of ether oxygens (including phenoxy) is 1. The smallest absolute Gasteiger partial charge is 0.339 e. The minimum absolute atomic E-state index is 0.0896. The highest BCUT2D eigenvalue weighted by molar-refractivity contribution is 5.97. The SMILES string of the molecule is CCCCCC(C)NC(=O)C1(C)Cc2ccccc2C(=O)O1. The summed E-state index contributed by atoms with van der Waals surface area (Å²) in [5.41, 5.74) is 0.309. The molecule has 1 N–H and O–H groups in total. The zero-order valence-electron chi connectivity index (χ0n) is 13.6. The zero-order chi connectivity index (χ0) is 16.2. The van der Waals surface area contributed by atoms with Crippen LogP contribution in [-0.2, 0) is 16.0 Å². The molecule has 120 valence electrons. The number of unbranched alkanes of at least 4 members (excludes halogenated alkanes) is 2. The van der Waals surface area contributed by atoms with Gasteiger partial charge < -0.3 is 10.1 Å². The molecule has 2 rings (SSSR count). The first-order chi connectivity index (χ1) is 10.5. The van der Waals surface area contributed by atoms with Crippen molar-refractivity contribution in [3.8, 4) is 0 Å². The minimum Gasteiger partial charge on any atom is -0.445 e. The van der Waals surface area contributed by atoms with Gasteiger partial charge in [-0.05, 0) is 31.9 Å². The van der Waals surface area contributed by atoms with Crippen LogP contribution in [0.1, 0.15) is 62.4 Å². The fraction of sp³-hybridized carbons (Fsp3) is 0.556. The first-order valence-electron chi connectivity index (χ1n) is 8.08. The molecule has 0 aromatic heterocycles. The number of cyclic esters (lactones) is 1. The maximum absolute atomic E-state index is 12.5. The van der Waals surface area contributed by atoms with Gasteiger partial charge in [0.05, 0.1) is 5.56 Å². The van der Waals surface area contributed by atoms with Crippen molar-refractivity contribution in [2.24, 2.45) is 0 Å². The predicted molar refractivity (Wildman–Crippen MR) is 85.7 cm³/mol. The van der Waals surface area contributed by atoms with Gasteiger partial charge in [0.1, 0.15) is 0 Å². The lowest BCUT2D eigenvalue weighted by Crippen LogP contribution is -2.53. The molecule has 0 radical (unpaired) electrons. The molecular weight excluding hydrogens is 278 g/mol. The summed E-state index contributed by atoms with van der Waals surface area (Å²) in [6.45, 7) is 5.84. The summed E-state index contributed by atoms with van der Waals surface area (Å²) in [5.74, 6) is -0.627. The highest BCUT2D eigenvalue weighted by Gasteiger charge is 2.42. The van der Waals surface area contributed by atoms with E-state index in [-0.39, 0.29) is 11.9 Å². The molecule has 0 aliphatic carbocycles. The fourth-order valence-electron chi connectivity index (χ4n) is 2.81. The summed E-state index contributed by atoms with van der Waals surface area (Å²) >= 11 is 0. The van der Waals surface area contributed by atoms with E-state index in [4.69, 9.17) is 4.74 Å². The van der Waals surface area contributed by atoms with E-state index in [1.54, 1.807) is 19.1 Å². The molecule has 1 aromatic rings. The molecule has 2 atom stereocenters. The maximum atomic E-state index is 12.5. The zero-order valence-corrected chi connectivity index (χ0v) is 13.6. The number of carbonyl (C=O) groups is 2. The highest BCUT2D eigenvalue weighted by atomic mass is 16.6. The van der Waals surface area contributed by atoms with Gasteiger partial charge in [0.15, 0.2) is 5.60 Å². The Hall–Kier alpha value is -1.84. The fourth-order valence-corrected chi connectivity index (χ4v) is 2.81. The van der Waals surface area contributed by atoms with Crippen LogP contribution < -0.4 is 5.32 Å². The van der Waals surface area contributed by atoms with Gasteiger partial charge in [-0.15, -0.1) is 0 Å². The molecular formula is C18H25NO3. The van der Waals surface area contributed by atoms with Crippen LogP contribution in [-0.4, -0.2) is 23.5 Å². The molecule has 1 amide bonds. The second-order valence-electron chi connectivity index (χ2n) is 6.32. The number of fused-ring (bicyclic) bond motifs is 1. The van der Waals surface area contributed by atoms with E-state index in [9.17, 15) is 9.59 Å². The van der Waals surface area contributed by atoms with Crippen molar-refractivity contribution in [3.63, 3.8) is 0 Å². The average Bonchev–Trinajstić information content (AvgIpc) is 2.47. The van der Waals surface area contributed by atoms with Crippen molar-refractivity contribution in [2.75, 3.05) is 0 Å². The van der Waals surface area contributed by atoms with Gasteiger partial charge in [0, 0.05) is 12.5 Å². The Morgan fingerprint density at radius 1 is 1.36 bits per heavy atom. The molecule has 4 heteroatoms. The summed E-state index contributed by atoms with van der Waals surface area (Å²) in [7, 11) is 0. The third kappa shape index (κ3) is 3.67. The van der Waals surface area contributed by atoms with Gasteiger partial charge >= 0.3 is 5.97 Å². The second-order valence-corrected chi connectivity index (χ2v) is 6.32. The molecule has 0 fully saturated rings. The quantitative estimate of drug-likeness (QED) is 0.648. The van der Waals surface area contributed by atoms with Crippen molar-refractivity contribution in [1.82, 2.24) is 5.32 Å². The van der Waals surface area contributed by atoms with E-state index in [1.807, 2.05) is 19.1 Å². The normalized spacial score (nSPS) is 21.7. The number of hydrogen-bond acceptors (Lipinski definition) is 3. The van der Waals surface area contributed by atoms with Crippen molar-refractivity contribution in [1.29, 1.82) is 0 Å². The second kappa shape index (κ2) is 6.95. The number of carbonyl (C=O) groups excluding carboxylic acids is 2. The average molecular weight is 303 g/mol. The Balaban J connectivity index is 2.02. The number of esters is 1. The van der Waals surface area contributed by atoms with E-state index in [2.05, 4.69) is 12.2 Å². The standard InChI is InChI=1S/C18H25NO3/c1-4-5-6-9-13(2)19-17(21)18(3)12-14-10-7-8-11-15(14)16(20)22-18/h7-8,10-11,13H,4-6,9,12H2,1-3H3,(H,19,21). The first kappa shape index (κ1) is 16.5. The number of hydrogen-bond donors (Lipinski definition) is 1. The predicted octanol–water partition coefficient (Wildman–Crippen LogP) is 3.24. The molecule has 0 saturated heterocycles. The molecule has 2 unspecified atom stereocenters. The molecule has 1 heterocycles. The van der Waals surface area contributed by atoms with Crippen LogP contribution in [0.2, 0.25) is 0 Å². The van der Waals surface area contributed by atoms with Gasteiger partial charge in [-0.25, -0.2) is 4.79 Å². The summed E-state index contributed by atoms with van der Waals surface area (Å²) in [5, 5.41) is 2.98. The lowest BCUT2D eigenvalue weighted by molar-refractivity contribution is -0.140. The maximum Gasteiger partial charge on any atom is 0.339 e. The third-order valence-electron chi connectivity index (χ3n) is 4.18. The number of amides is 1. The largest absolute Gasteiger partial charge is 0.445 e. The molecule has 1 aliphatic heterocycles. The summed E-state index contributed by atoms with van der Waals surface area (Å²) in [6.07, 6.45) is 4.78. The Bertz CT molecular complexity index is 555. The number of nitrogens with one attached hydrogen (secondary N) is 1. The highest BCUT2D eigenvalue weighted by Crippen LogP contribution is 2.28. The van der Waals surface area contributed by atoms with E-state index in [1.165, 1.54) is 6.42 Å². The summed E-state index contributed by atoms with van der Waals surface area (Å²) < 4.78 is 5.44. The molecule has 22 heavy (non-hydrogen) atoms. The lowest BCUT2D eigenvalue weighted by Gasteiger charge is -2.34. The van der Waals surface area contributed by atoms with Crippen molar-refractivity contribution >= 4 is 11.9 Å². The lowest BCUT2D eigenvalue weighted by atomic mass is 9.89. The molecule has 0 bridgehead atoms. The summed E-state index contributed by atoms with van der Waals surface area (Å²) in [4.78, 5) is 24.6. The molecule has 4 nitrogen and oxygen atoms in total. The van der Waals surface area contributed by atoms with Crippen LogP contribution in [0.4, 0.5) is 0 Å². The number of rotatable bonds is 6. The molecule has 1 aliphatic rings. The van der Waals surface area contributed by atoms with E-state index in [0.29, 0.717) is 12.0 Å². The Labute approximate surface area is 132 Å². The Morgan fingerprint density at radius 3 is 2.82 bits per heavy atom. The van der Waals surface area contributed by atoms with Crippen LogP contribution >= 0.6 is 0 Å². The van der Waals surface area contributed by atoms with Gasteiger partial charge in [0.2, 0.25) is 0 Å². The van der Waals surface area contributed by atoms with Gasteiger partial charge in [-0.3, -0.25) is 4.79 Å². The van der Waals surface area contributed by atoms with E-state index < -0.39 is 11.6 Å². The van der Waals surface area contributed by atoms with Gasteiger partial charge in [0.25, 0.3) is 5.91 Å². The van der Waals surface area contributed by atoms with E-state index in [0.717, 1.165) is 24.8 Å². The van der Waals surface area contributed by atoms with Crippen LogP contribution in [0.3, 0.4) is 0 Å². The van der Waals surface area contributed by atoms with Crippen LogP contribution in [0.15, 0.2) is 24.3 Å². The van der Waals surface area contributed by atoms with Gasteiger partial charge in [-0.1, -0.05) is 44.4 Å². The van der Waals surface area contributed by atoms with Crippen molar-refractivity contribution in [2.45, 2.75) is 64.5 Å². The van der Waals surface area contributed by atoms with Gasteiger partial charge in [-0.2, -0.15) is 0 Å².